The zero-order chi connectivity index (χ0) is 13.5. The number of non-ortho nitro benzene ring substituents is 1. The molecule has 0 radical (unpaired) electrons. The molecular formula is C11H15ClN2O4. The fourth-order valence-corrected chi connectivity index (χ4v) is 1.84. The van der Waals surface area contributed by atoms with Gasteiger partial charge >= 0.3 is 0 Å². The largest absolute Gasteiger partial charge is 0.395 e. The van der Waals surface area contributed by atoms with E-state index >= 15 is 0 Å². The Morgan fingerprint density at radius 3 is 2.72 bits per heavy atom. The molecule has 0 atom stereocenters. The second-order valence-corrected chi connectivity index (χ2v) is 4.00. The zero-order valence-electron chi connectivity index (χ0n) is 10.0. The van der Waals surface area contributed by atoms with Crippen LogP contribution in [-0.4, -0.2) is 43.4 Å². The number of aliphatic hydroxyl groups excluding tert-OH is 1. The summed E-state index contributed by atoms with van der Waals surface area (Å²) in [6.45, 7) is 1.39. The number of ether oxygens (including phenoxy) is 1. The number of aliphatic hydroxyl groups is 1. The molecule has 0 aliphatic heterocycles. The Kier molecular flexibility index (Phi) is 5.84. The van der Waals surface area contributed by atoms with Crippen LogP contribution in [0.5, 0.6) is 0 Å². The van der Waals surface area contributed by atoms with Crippen LogP contribution in [0.15, 0.2) is 18.2 Å². The normalized spacial score (nSPS) is 10.4. The van der Waals surface area contributed by atoms with Gasteiger partial charge in [0.2, 0.25) is 0 Å². The Bertz CT molecular complexity index is 414. The lowest BCUT2D eigenvalue weighted by Crippen LogP contribution is -2.30. The number of halogens is 1. The highest BCUT2D eigenvalue weighted by atomic mass is 35.5. The highest BCUT2D eigenvalue weighted by Gasteiger charge is 2.14. The fraction of sp³-hybridized carbons (Fsp3) is 0.455. The van der Waals surface area contributed by atoms with Gasteiger partial charge < -0.3 is 14.7 Å². The molecule has 100 valence electrons. The average Bonchev–Trinajstić information content (AvgIpc) is 2.34. The number of anilines is 1. The standard InChI is InChI=1S/C11H15ClN2O4/c1-18-7-5-13(4-6-15)11-3-2-9(14(16)17)8-10(11)12/h2-3,8,15H,4-7H2,1H3. The van der Waals surface area contributed by atoms with E-state index < -0.39 is 4.92 Å². The molecule has 0 spiro atoms. The highest BCUT2D eigenvalue weighted by molar-refractivity contribution is 6.33. The lowest BCUT2D eigenvalue weighted by Gasteiger charge is -2.24. The number of nitro benzene ring substituents is 1. The van der Waals surface area contributed by atoms with Crippen molar-refractivity contribution in [1.29, 1.82) is 0 Å². The molecule has 0 aliphatic rings. The van der Waals surface area contributed by atoms with Gasteiger partial charge in [0, 0.05) is 32.3 Å². The van der Waals surface area contributed by atoms with Crippen LogP contribution in [0, 0.1) is 10.1 Å². The maximum Gasteiger partial charge on any atom is 0.271 e. The van der Waals surface area contributed by atoms with Crippen LogP contribution in [-0.2, 0) is 4.74 Å². The minimum Gasteiger partial charge on any atom is -0.395 e. The van der Waals surface area contributed by atoms with Crippen LogP contribution in [0.4, 0.5) is 11.4 Å². The Morgan fingerprint density at radius 2 is 2.22 bits per heavy atom. The van der Waals surface area contributed by atoms with Gasteiger partial charge in [-0.2, -0.15) is 0 Å². The topological polar surface area (TPSA) is 75.8 Å². The maximum atomic E-state index is 10.6. The Morgan fingerprint density at radius 1 is 1.50 bits per heavy atom. The van der Waals surface area contributed by atoms with E-state index in [9.17, 15) is 10.1 Å². The van der Waals surface area contributed by atoms with Gasteiger partial charge in [-0.3, -0.25) is 10.1 Å². The predicted octanol–water partition coefficient (Wildman–Crippen LogP) is 1.69. The van der Waals surface area contributed by atoms with Crippen molar-refractivity contribution in [1.82, 2.24) is 0 Å². The summed E-state index contributed by atoms with van der Waals surface area (Å²) in [5.41, 5.74) is 0.591. The Balaban J connectivity index is 2.93. The monoisotopic (exact) mass is 274 g/mol. The SMILES string of the molecule is COCCN(CCO)c1ccc([N+](=O)[O-])cc1Cl. The van der Waals surface area contributed by atoms with Gasteiger partial charge in [0.05, 0.1) is 28.8 Å². The van der Waals surface area contributed by atoms with E-state index in [1.54, 1.807) is 13.2 Å². The van der Waals surface area contributed by atoms with Crippen molar-refractivity contribution in [3.8, 4) is 0 Å². The quantitative estimate of drug-likeness (QED) is 0.605. The van der Waals surface area contributed by atoms with Crippen LogP contribution in [0.1, 0.15) is 0 Å². The van der Waals surface area contributed by atoms with E-state index in [4.69, 9.17) is 21.4 Å². The molecule has 7 heteroatoms. The molecular weight excluding hydrogens is 260 g/mol. The van der Waals surface area contributed by atoms with Gasteiger partial charge in [0.1, 0.15) is 0 Å². The number of benzene rings is 1. The molecule has 18 heavy (non-hydrogen) atoms. The Labute approximate surface area is 110 Å². The summed E-state index contributed by atoms with van der Waals surface area (Å²) in [6.07, 6.45) is 0. The number of nitrogens with zero attached hydrogens (tertiary/aromatic N) is 2. The molecule has 0 fully saturated rings. The molecule has 0 aromatic heterocycles. The first kappa shape index (κ1) is 14.7. The van der Waals surface area contributed by atoms with Gasteiger partial charge in [-0.25, -0.2) is 0 Å². The summed E-state index contributed by atoms with van der Waals surface area (Å²) in [7, 11) is 1.58. The predicted molar refractivity (Wildman–Crippen MR) is 69.3 cm³/mol. The number of hydrogen-bond donors (Lipinski definition) is 1. The van der Waals surface area contributed by atoms with Crippen LogP contribution in [0.25, 0.3) is 0 Å². The van der Waals surface area contributed by atoms with Gasteiger partial charge in [-0.15, -0.1) is 0 Å². The first-order valence-corrected chi connectivity index (χ1v) is 5.76. The van der Waals surface area contributed by atoms with E-state index in [0.717, 1.165) is 0 Å². The van der Waals surface area contributed by atoms with E-state index in [1.807, 2.05) is 4.90 Å². The molecule has 0 bridgehead atoms. The summed E-state index contributed by atoms with van der Waals surface area (Å²) in [4.78, 5) is 11.9. The number of hydrogen-bond acceptors (Lipinski definition) is 5. The molecule has 1 N–H and O–H groups in total. The van der Waals surface area contributed by atoms with E-state index in [-0.39, 0.29) is 17.3 Å². The molecule has 0 unspecified atom stereocenters. The molecule has 1 rings (SSSR count). The van der Waals surface area contributed by atoms with Crippen molar-refractivity contribution >= 4 is 23.0 Å². The number of methoxy groups -OCH3 is 1. The van der Waals surface area contributed by atoms with Crippen molar-refractivity contribution in [2.45, 2.75) is 0 Å². The fourth-order valence-electron chi connectivity index (χ4n) is 1.54. The first-order chi connectivity index (χ1) is 8.60. The summed E-state index contributed by atoms with van der Waals surface area (Å²) < 4.78 is 4.97. The van der Waals surface area contributed by atoms with Crippen molar-refractivity contribution in [3.05, 3.63) is 33.3 Å². The summed E-state index contributed by atoms with van der Waals surface area (Å²) in [5.74, 6) is 0. The van der Waals surface area contributed by atoms with E-state index in [2.05, 4.69) is 0 Å². The maximum absolute atomic E-state index is 10.6. The molecule has 0 heterocycles. The minimum atomic E-state index is -0.499. The number of rotatable bonds is 7. The highest BCUT2D eigenvalue weighted by Crippen LogP contribution is 2.29. The zero-order valence-corrected chi connectivity index (χ0v) is 10.8. The molecule has 1 aromatic rings. The van der Waals surface area contributed by atoms with Gasteiger partial charge in [0.25, 0.3) is 5.69 Å². The molecule has 6 nitrogen and oxygen atoms in total. The molecule has 0 saturated heterocycles. The third-order valence-corrected chi connectivity index (χ3v) is 2.72. The molecule has 0 amide bonds. The smallest absolute Gasteiger partial charge is 0.271 e. The Hall–Kier alpha value is -1.37. The van der Waals surface area contributed by atoms with Crippen molar-refractivity contribution in [3.63, 3.8) is 0 Å². The van der Waals surface area contributed by atoms with Crippen LogP contribution >= 0.6 is 11.6 Å². The van der Waals surface area contributed by atoms with E-state index in [1.165, 1.54) is 12.1 Å². The van der Waals surface area contributed by atoms with Crippen molar-refractivity contribution < 1.29 is 14.8 Å². The lowest BCUT2D eigenvalue weighted by molar-refractivity contribution is -0.384. The summed E-state index contributed by atoms with van der Waals surface area (Å²) >= 11 is 6.01. The minimum absolute atomic E-state index is 0.0307. The van der Waals surface area contributed by atoms with Crippen LogP contribution < -0.4 is 4.90 Å². The second-order valence-electron chi connectivity index (χ2n) is 3.60. The molecule has 0 aliphatic carbocycles. The lowest BCUT2D eigenvalue weighted by atomic mass is 10.2. The number of nitro groups is 1. The molecule has 0 saturated carbocycles. The summed E-state index contributed by atoms with van der Waals surface area (Å²) in [6, 6.07) is 4.26. The molecule has 1 aromatic carbocycles. The van der Waals surface area contributed by atoms with Crippen molar-refractivity contribution in [2.24, 2.45) is 0 Å². The van der Waals surface area contributed by atoms with Crippen molar-refractivity contribution in [2.75, 3.05) is 38.3 Å². The van der Waals surface area contributed by atoms with Gasteiger partial charge in [0.15, 0.2) is 0 Å². The summed E-state index contributed by atoms with van der Waals surface area (Å²) in [5, 5.41) is 19.9. The second kappa shape index (κ2) is 7.15. The van der Waals surface area contributed by atoms with Crippen LogP contribution in [0.3, 0.4) is 0 Å². The average molecular weight is 275 g/mol. The van der Waals surface area contributed by atoms with Gasteiger partial charge in [-0.1, -0.05) is 11.6 Å². The first-order valence-electron chi connectivity index (χ1n) is 5.38. The van der Waals surface area contributed by atoms with Gasteiger partial charge in [-0.05, 0) is 6.07 Å². The third-order valence-electron chi connectivity index (χ3n) is 2.42. The van der Waals surface area contributed by atoms with Crippen LogP contribution in [0.2, 0.25) is 5.02 Å². The van der Waals surface area contributed by atoms with E-state index in [0.29, 0.717) is 25.4 Å². The third kappa shape index (κ3) is 3.83.